The van der Waals surface area contributed by atoms with E-state index in [1.807, 2.05) is 66.7 Å². The van der Waals surface area contributed by atoms with E-state index < -0.39 is 0 Å². The Morgan fingerprint density at radius 1 is 1.03 bits per heavy atom. The summed E-state index contributed by atoms with van der Waals surface area (Å²) in [5, 5.41) is 2.95. The normalized spacial score (nSPS) is 13.0. The highest BCUT2D eigenvalue weighted by molar-refractivity contribution is 5.92. The van der Waals surface area contributed by atoms with E-state index in [0.717, 1.165) is 28.9 Å². The average Bonchev–Trinajstić information content (AvgIpc) is 2.97. The molecule has 6 nitrogen and oxygen atoms in total. The van der Waals surface area contributed by atoms with Gasteiger partial charge in [-0.2, -0.15) is 0 Å². The fourth-order valence-electron chi connectivity index (χ4n) is 3.69. The van der Waals surface area contributed by atoms with Crippen LogP contribution in [0.3, 0.4) is 0 Å². The molecular formula is C26H26N2O4. The highest BCUT2D eigenvalue weighted by Gasteiger charge is 2.22. The first kappa shape index (κ1) is 21.4. The first-order valence-electron chi connectivity index (χ1n) is 10.6. The Labute approximate surface area is 187 Å². The number of carbonyl (C=O) groups is 2. The summed E-state index contributed by atoms with van der Waals surface area (Å²) < 4.78 is 10.9. The summed E-state index contributed by atoms with van der Waals surface area (Å²) in [4.78, 5) is 26.8. The molecule has 0 saturated carbocycles. The highest BCUT2D eigenvalue weighted by atomic mass is 16.5. The van der Waals surface area contributed by atoms with Crippen LogP contribution in [0.1, 0.15) is 16.7 Å². The predicted molar refractivity (Wildman–Crippen MR) is 123 cm³/mol. The van der Waals surface area contributed by atoms with Crippen LogP contribution in [0.25, 0.3) is 0 Å². The van der Waals surface area contributed by atoms with Crippen molar-refractivity contribution in [3.63, 3.8) is 0 Å². The summed E-state index contributed by atoms with van der Waals surface area (Å²) >= 11 is 0. The van der Waals surface area contributed by atoms with Crippen LogP contribution in [0.15, 0.2) is 72.8 Å². The quantitative estimate of drug-likeness (QED) is 0.619. The van der Waals surface area contributed by atoms with Crippen LogP contribution in [-0.4, -0.2) is 37.0 Å². The Morgan fingerprint density at radius 3 is 2.56 bits per heavy atom. The lowest BCUT2D eigenvalue weighted by molar-refractivity contribution is -0.133. The molecule has 0 unspecified atom stereocenters. The lowest BCUT2D eigenvalue weighted by Crippen LogP contribution is -2.34. The molecule has 164 valence electrons. The molecule has 4 rings (SSSR count). The molecule has 2 amide bonds. The van der Waals surface area contributed by atoms with E-state index in [9.17, 15) is 9.59 Å². The SMILES string of the molecule is COc1ccc(CCN2Cc3cc(NC(=O)Cc4ccccc4)ccc3OCC2=O)cc1. The summed E-state index contributed by atoms with van der Waals surface area (Å²) in [6.07, 6.45) is 1.04. The van der Waals surface area contributed by atoms with Crippen LogP contribution in [0, 0.1) is 0 Å². The van der Waals surface area contributed by atoms with E-state index >= 15 is 0 Å². The minimum Gasteiger partial charge on any atom is -0.497 e. The minimum absolute atomic E-state index is 0.00925. The van der Waals surface area contributed by atoms with Gasteiger partial charge in [-0.3, -0.25) is 9.59 Å². The van der Waals surface area contributed by atoms with E-state index in [1.54, 1.807) is 18.1 Å². The maximum absolute atomic E-state index is 12.6. The molecule has 0 aromatic heterocycles. The van der Waals surface area contributed by atoms with Crippen molar-refractivity contribution in [3.05, 3.63) is 89.5 Å². The van der Waals surface area contributed by atoms with Gasteiger partial charge in [0, 0.05) is 24.3 Å². The van der Waals surface area contributed by atoms with Crippen molar-refractivity contribution in [3.8, 4) is 11.5 Å². The number of ether oxygens (including phenoxy) is 2. The average molecular weight is 431 g/mol. The molecule has 6 heteroatoms. The second kappa shape index (κ2) is 10.0. The number of carbonyl (C=O) groups excluding carboxylic acids is 2. The molecule has 0 saturated heterocycles. The molecule has 1 N–H and O–H groups in total. The summed E-state index contributed by atoms with van der Waals surface area (Å²) in [7, 11) is 1.64. The van der Waals surface area contributed by atoms with E-state index in [-0.39, 0.29) is 18.4 Å². The van der Waals surface area contributed by atoms with Crippen molar-refractivity contribution < 1.29 is 19.1 Å². The van der Waals surface area contributed by atoms with Gasteiger partial charge in [-0.25, -0.2) is 0 Å². The zero-order valence-corrected chi connectivity index (χ0v) is 18.0. The zero-order chi connectivity index (χ0) is 22.3. The van der Waals surface area contributed by atoms with Gasteiger partial charge in [-0.05, 0) is 47.9 Å². The number of nitrogens with zero attached hydrogens (tertiary/aromatic N) is 1. The second-order valence-electron chi connectivity index (χ2n) is 7.74. The largest absolute Gasteiger partial charge is 0.497 e. The topological polar surface area (TPSA) is 67.9 Å². The van der Waals surface area contributed by atoms with E-state index in [2.05, 4.69) is 5.32 Å². The number of hydrogen-bond donors (Lipinski definition) is 1. The zero-order valence-electron chi connectivity index (χ0n) is 18.0. The number of fused-ring (bicyclic) bond motifs is 1. The van der Waals surface area contributed by atoms with Gasteiger partial charge in [0.15, 0.2) is 6.61 Å². The number of amides is 2. The molecule has 1 aliphatic rings. The van der Waals surface area contributed by atoms with Crippen LogP contribution in [0.5, 0.6) is 11.5 Å². The molecule has 3 aromatic rings. The predicted octanol–water partition coefficient (Wildman–Crippen LogP) is 3.84. The maximum atomic E-state index is 12.6. The Balaban J connectivity index is 1.41. The number of methoxy groups -OCH3 is 1. The number of rotatable bonds is 7. The third-order valence-corrected chi connectivity index (χ3v) is 5.45. The smallest absolute Gasteiger partial charge is 0.260 e. The highest BCUT2D eigenvalue weighted by Crippen LogP contribution is 2.27. The first-order chi connectivity index (χ1) is 15.6. The molecule has 0 aliphatic carbocycles. The van der Waals surface area contributed by atoms with Gasteiger partial charge in [-0.15, -0.1) is 0 Å². The Hall–Kier alpha value is -3.80. The standard InChI is InChI=1S/C26H26N2O4/c1-31-23-10-7-19(8-11-23)13-14-28-17-21-16-22(9-12-24(21)32-18-26(28)30)27-25(29)15-20-5-3-2-4-6-20/h2-12,16H,13-15,17-18H2,1H3,(H,27,29). The van der Waals surface area contributed by atoms with Gasteiger partial charge in [0.1, 0.15) is 11.5 Å². The summed E-state index contributed by atoms with van der Waals surface area (Å²) in [5.74, 6) is 1.35. The van der Waals surface area contributed by atoms with Crippen molar-refractivity contribution in [1.29, 1.82) is 0 Å². The molecule has 32 heavy (non-hydrogen) atoms. The summed E-state index contributed by atoms with van der Waals surface area (Å²) in [6.45, 7) is 1.03. The van der Waals surface area contributed by atoms with Crippen molar-refractivity contribution in [1.82, 2.24) is 4.90 Å². The molecular weight excluding hydrogens is 404 g/mol. The summed E-state index contributed by atoms with van der Waals surface area (Å²) in [5.41, 5.74) is 3.66. The van der Waals surface area contributed by atoms with E-state index in [1.165, 1.54) is 0 Å². The molecule has 0 fully saturated rings. The van der Waals surface area contributed by atoms with Crippen LogP contribution in [-0.2, 0) is 29.0 Å². The van der Waals surface area contributed by atoms with Crippen LogP contribution in [0.4, 0.5) is 5.69 Å². The van der Waals surface area contributed by atoms with Crippen molar-refractivity contribution >= 4 is 17.5 Å². The number of hydrogen-bond acceptors (Lipinski definition) is 4. The Morgan fingerprint density at radius 2 is 1.81 bits per heavy atom. The third-order valence-electron chi connectivity index (χ3n) is 5.45. The van der Waals surface area contributed by atoms with Crippen molar-refractivity contribution in [2.24, 2.45) is 0 Å². The van der Waals surface area contributed by atoms with Crippen LogP contribution >= 0.6 is 0 Å². The summed E-state index contributed by atoms with van der Waals surface area (Å²) in [6, 6.07) is 23.0. The van der Waals surface area contributed by atoms with Crippen molar-refractivity contribution in [2.45, 2.75) is 19.4 Å². The van der Waals surface area contributed by atoms with Gasteiger partial charge in [0.25, 0.3) is 5.91 Å². The molecule has 0 spiro atoms. The number of benzene rings is 3. The third kappa shape index (κ3) is 5.46. The van der Waals surface area contributed by atoms with Gasteiger partial charge in [-0.1, -0.05) is 42.5 Å². The molecule has 3 aromatic carbocycles. The molecule has 0 radical (unpaired) electrons. The molecule has 1 aliphatic heterocycles. The van der Waals surface area contributed by atoms with E-state index in [4.69, 9.17) is 9.47 Å². The van der Waals surface area contributed by atoms with Crippen LogP contribution < -0.4 is 14.8 Å². The fraction of sp³-hybridized carbons (Fsp3) is 0.231. The minimum atomic E-state index is -0.0851. The number of anilines is 1. The maximum Gasteiger partial charge on any atom is 0.260 e. The molecule has 0 bridgehead atoms. The fourth-order valence-corrected chi connectivity index (χ4v) is 3.69. The first-order valence-corrected chi connectivity index (χ1v) is 10.6. The van der Waals surface area contributed by atoms with Gasteiger partial charge >= 0.3 is 0 Å². The van der Waals surface area contributed by atoms with Crippen LogP contribution in [0.2, 0.25) is 0 Å². The molecule has 1 heterocycles. The number of nitrogens with one attached hydrogen (secondary N) is 1. The Kier molecular flexibility index (Phi) is 6.70. The Bertz CT molecular complexity index is 1080. The second-order valence-corrected chi connectivity index (χ2v) is 7.74. The van der Waals surface area contributed by atoms with Gasteiger partial charge < -0.3 is 19.7 Å². The van der Waals surface area contributed by atoms with Crippen molar-refractivity contribution in [2.75, 3.05) is 25.6 Å². The lowest BCUT2D eigenvalue weighted by Gasteiger charge is -2.20. The van der Waals surface area contributed by atoms with Gasteiger partial charge in [0.2, 0.25) is 5.91 Å². The molecule has 0 atom stereocenters. The van der Waals surface area contributed by atoms with E-state index in [0.29, 0.717) is 30.9 Å². The van der Waals surface area contributed by atoms with Gasteiger partial charge in [0.05, 0.1) is 13.5 Å². The monoisotopic (exact) mass is 430 g/mol. The lowest BCUT2D eigenvalue weighted by atomic mass is 10.1.